The molecule has 0 spiro atoms. The lowest BCUT2D eigenvalue weighted by Crippen LogP contribution is -2.00. The van der Waals surface area contributed by atoms with E-state index in [-0.39, 0.29) is 17.0 Å². The van der Waals surface area contributed by atoms with Crippen molar-refractivity contribution in [2.45, 2.75) is 13.8 Å². The highest BCUT2D eigenvalue weighted by Gasteiger charge is 2.21. The number of rotatable bonds is 2. The number of nitrogens with zero attached hydrogens (tertiary/aromatic N) is 2. The highest BCUT2D eigenvalue weighted by Crippen LogP contribution is 2.23. The summed E-state index contributed by atoms with van der Waals surface area (Å²) in [5.41, 5.74) is 1.84. The monoisotopic (exact) mass is 218 g/mol. The molecule has 0 fully saturated rings. The maximum atomic E-state index is 11.0. The van der Waals surface area contributed by atoms with E-state index in [2.05, 4.69) is 10.1 Å². The van der Waals surface area contributed by atoms with Gasteiger partial charge in [-0.15, -0.1) is 0 Å². The Morgan fingerprint density at radius 3 is 2.69 bits per heavy atom. The molecular weight excluding hydrogens is 208 g/mol. The van der Waals surface area contributed by atoms with Gasteiger partial charge in [0.05, 0.1) is 5.69 Å². The third kappa shape index (κ3) is 1.67. The second-order valence-corrected chi connectivity index (χ2v) is 3.49. The van der Waals surface area contributed by atoms with Gasteiger partial charge in [0.25, 0.3) is 0 Å². The predicted molar refractivity (Wildman–Crippen MR) is 56.2 cm³/mol. The molecule has 2 aromatic heterocycles. The first kappa shape index (κ1) is 10.4. The maximum absolute atomic E-state index is 11.0. The minimum atomic E-state index is -1.06. The molecule has 2 heterocycles. The number of aromatic nitrogens is 2. The molecule has 0 radical (unpaired) electrons. The van der Waals surface area contributed by atoms with Crippen molar-refractivity contribution in [3.8, 4) is 11.4 Å². The summed E-state index contributed by atoms with van der Waals surface area (Å²) in [6.45, 7) is 3.47. The minimum Gasteiger partial charge on any atom is -0.477 e. The molecule has 0 aromatic carbocycles. The zero-order valence-electron chi connectivity index (χ0n) is 8.89. The molecule has 1 N–H and O–H groups in total. The molecule has 2 rings (SSSR count). The number of aryl methyl sites for hydroxylation is 2. The Labute approximate surface area is 91.7 Å². The zero-order valence-corrected chi connectivity index (χ0v) is 8.89. The van der Waals surface area contributed by atoms with Crippen LogP contribution in [0, 0.1) is 13.8 Å². The molecule has 0 bridgehead atoms. The van der Waals surface area contributed by atoms with Gasteiger partial charge >= 0.3 is 5.97 Å². The summed E-state index contributed by atoms with van der Waals surface area (Å²) in [7, 11) is 0. The van der Waals surface area contributed by atoms with E-state index in [0.717, 1.165) is 5.56 Å². The predicted octanol–water partition coefficient (Wildman–Crippen LogP) is 2.05. The van der Waals surface area contributed by atoms with Crippen LogP contribution in [0.15, 0.2) is 22.9 Å². The van der Waals surface area contributed by atoms with Crippen LogP contribution in [0.2, 0.25) is 0 Å². The van der Waals surface area contributed by atoms with Gasteiger partial charge in [0.1, 0.15) is 17.0 Å². The summed E-state index contributed by atoms with van der Waals surface area (Å²) >= 11 is 0. The third-order valence-electron chi connectivity index (χ3n) is 2.23. The van der Waals surface area contributed by atoms with E-state index in [1.165, 1.54) is 0 Å². The smallest absolute Gasteiger partial charge is 0.341 e. The average molecular weight is 218 g/mol. The molecule has 5 nitrogen and oxygen atoms in total. The first-order valence-corrected chi connectivity index (χ1v) is 4.72. The van der Waals surface area contributed by atoms with Gasteiger partial charge in [0, 0.05) is 6.20 Å². The maximum Gasteiger partial charge on any atom is 0.341 e. The Morgan fingerprint density at radius 2 is 2.12 bits per heavy atom. The van der Waals surface area contributed by atoms with Crippen LogP contribution in [0.3, 0.4) is 0 Å². The molecule has 16 heavy (non-hydrogen) atoms. The van der Waals surface area contributed by atoms with Crippen LogP contribution in [0.1, 0.15) is 21.7 Å². The van der Waals surface area contributed by atoms with Crippen LogP contribution < -0.4 is 0 Å². The molecule has 0 aliphatic rings. The van der Waals surface area contributed by atoms with Crippen LogP contribution >= 0.6 is 0 Å². The van der Waals surface area contributed by atoms with Gasteiger partial charge in [-0.3, -0.25) is 4.98 Å². The fourth-order valence-corrected chi connectivity index (χ4v) is 1.41. The largest absolute Gasteiger partial charge is 0.477 e. The van der Waals surface area contributed by atoms with Gasteiger partial charge in [-0.05, 0) is 25.5 Å². The fraction of sp³-hybridized carbons (Fsp3) is 0.182. The second kappa shape index (κ2) is 3.77. The number of hydrogen-bond acceptors (Lipinski definition) is 4. The van der Waals surface area contributed by atoms with Crippen LogP contribution in [0.25, 0.3) is 11.4 Å². The Morgan fingerprint density at radius 1 is 1.38 bits per heavy atom. The molecule has 2 aromatic rings. The van der Waals surface area contributed by atoms with Gasteiger partial charge in [0.2, 0.25) is 0 Å². The number of pyridine rings is 1. The number of carbonyl (C=O) groups is 1. The lowest BCUT2D eigenvalue weighted by molar-refractivity contribution is 0.0695. The highest BCUT2D eigenvalue weighted by molar-refractivity contribution is 5.95. The summed E-state index contributed by atoms with van der Waals surface area (Å²) in [6, 6.07) is 3.57. The van der Waals surface area contributed by atoms with E-state index in [9.17, 15) is 4.79 Å². The average Bonchev–Trinajstić information content (AvgIpc) is 2.61. The number of carboxylic acids is 1. The molecule has 0 saturated heterocycles. The van der Waals surface area contributed by atoms with Crippen LogP contribution in [0.5, 0.6) is 0 Å². The highest BCUT2D eigenvalue weighted by atomic mass is 16.5. The first-order chi connectivity index (χ1) is 7.59. The van der Waals surface area contributed by atoms with E-state index >= 15 is 0 Å². The van der Waals surface area contributed by atoms with Gasteiger partial charge in [-0.25, -0.2) is 4.79 Å². The SMILES string of the molecule is Cc1ccc(-c2noc(C)c2C(=O)O)nc1. The van der Waals surface area contributed by atoms with E-state index in [1.807, 2.05) is 13.0 Å². The van der Waals surface area contributed by atoms with Crippen molar-refractivity contribution in [1.29, 1.82) is 0 Å². The quantitative estimate of drug-likeness (QED) is 0.834. The lowest BCUT2D eigenvalue weighted by Gasteiger charge is -1.97. The van der Waals surface area contributed by atoms with Crippen molar-refractivity contribution in [3.05, 3.63) is 35.2 Å². The van der Waals surface area contributed by atoms with Gasteiger partial charge in [-0.1, -0.05) is 11.2 Å². The van der Waals surface area contributed by atoms with E-state index in [4.69, 9.17) is 9.63 Å². The number of aromatic carboxylic acids is 1. The minimum absolute atomic E-state index is 0.0661. The molecule has 0 aliphatic heterocycles. The Balaban J connectivity index is 2.56. The van der Waals surface area contributed by atoms with Crippen LogP contribution in [-0.2, 0) is 0 Å². The molecule has 5 heteroatoms. The van der Waals surface area contributed by atoms with E-state index in [1.54, 1.807) is 19.2 Å². The summed E-state index contributed by atoms with van der Waals surface area (Å²) in [5.74, 6) is -0.777. The zero-order chi connectivity index (χ0) is 11.7. The standard InChI is InChI=1S/C11H10N2O3/c1-6-3-4-8(12-5-6)10-9(11(14)15)7(2)16-13-10/h3-5H,1-2H3,(H,14,15). The first-order valence-electron chi connectivity index (χ1n) is 4.72. The topological polar surface area (TPSA) is 76.2 Å². The summed E-state index contributed by atoms with van der Waals surface area (Å²) in [5, 5.41) is 12.7. The second-order valence-electron chi connectivity index (χ2n) is 3.49. The molecule has 0 atom stereocenters. The van der Waals surface area contributed by atoms with Crippen molar-refractivity contribution in [2.24, 2.45) is 0 Å². The molecule has 82 valence electrons. The van der Waals surface area contributed by atoms with Crippen LogP contribution in [-0.4, -0.2) is 21.2 Å². The molecule has 0 unspecified atom stereocenters. The Kier molecular flexibility index (Phi) is 2.44. The van der Waals surface area contributed by atoms with Crippen molar-refractivity contribution in [3.63, 3.8) is 0 Å². The Bertz CT molecular complexity index is 529. The Hall–Kier alpha value is -2.17. The fourth-order valence-electron chi connectivity index (χ4n) is 1.41. The van der Waals surface area contributed by atoms with Crippen molar-refractivity contribution in [2.75, 3.05) is 0 Å². The van der Waals surface area contributed by atoms with Gasteiger partial charge in [-0.2, -0.15) is 0 Å². The van der Waals surface area contributed by atoms with Crippen molar-refractivity contribution < 1.29 is 14.4 Å². The van der Waals surface area contributed by atoms with Gasteiger partial charge < -0.3 is 9.63 Å². The van der Waals surface area contributed by atoms with Crippen LogP contribution in [0.4, 0.5) is 0 Å². The summed E-state index contributed by atoms with van der Waals surface area (Å²) in [4.78, 5) is 15.1. The van der Waals surface area contributed by atoms with Gasteiger partial charge in [0.15, 0.2) is 0 Å². The number of carboxylic acid groups (broad SMARTS) is 1. The number of hydrogen-bond donors (Lipinski definition) is 1. The molecular formula is C11H10N2O3. The molecule has 0 amide bonds. The van der Waals surface area contributed by atoms with E-state index < -0.39 is 5.97 Å². The molecule has 0 saturated carbocycles. The normalized spacial score (nSPS) is 10.4. The summed E-state index contributed by atoms with van der Waals surface area (Å²) in [6.07, 6.45) is 1.66. The van der Waals surface area contributed by atoms with E-state index in [0.29, 0.717) is 5.69 Å². The summed E-state index contributed by atoms with van der Waals surface area (Å²) < 4.78 is 4.87. The molecule has 0 aliphatic carbocycles. The van der Waals surface area contributed by atoms with Crippen molar-refractivity contribution >= 4 is 5.97 Å². The van der Waals surface area contributed by atoms with Crippen molar-refractivity contribution in [1.82, 2.24) is 10.1 Å². The lowest BCUT2D eigenvalue weighted by atomic mass is 10.1. The third-order valence-corrected chi connectivity index (χ3v) is 2.23.